The third kappa shape index (κ3) is 2.04. The van der Waals surface area contributed by atoms with Gasteiger partial charge in [-0.1, -0.05) is 0 Å². The van der Waals surface area contributed by atoms with Gasteiger partial charge in [0.15, 0.2) is 11.6 Å². The van der Waals surface area contributed by atoms with Crippen LogP contribution in [0.5, 0.6) is 0 Å². The minimum Gasteiger partial charge on any atom is -0.458 e. The van der Waals surface area contributed by atoms with Crippen molar-refractivity contribution in [2.75, 3.05) is 5.73 Å². The molecule has 88 valence electrons. The number of carbonyl (C=O) groups excluding carboxylic acids is 1. The highest BCUT2D eigenvalue weighted by molar-refractivity contribution is 6.07. The molecule has 5 heteroatoms. The van der Waals surface area contributed by atoms with E-state index in [0.29, 0.717) is 5.76 Å². The minimum atomic E-state index is -0.939. The monoisotopic (exact) mass is 237 g/mol. The first-order valence-corrected chi connectivity index (χ1v) is 4.84. The Morgan fingerprint density at radius 1 is 1.29 bits per heavy atom. The molecule has 0 amide bonds. The molecular formula is C12H9F2NO2. The second-order valence-corrected chi connectivity index (χ2v) is 3.60. The largest absolute Gasteiger partial charge is 0.458 e. The molecule has 0 spiro atoms. The number of nitrogen functional groups attached to an aromatic ring is 1. The Bertz CT molecular complexity index is 590. The summed E-state index contributed by atoms with van der Waals surface area (Å²) in [6, 6.07) is 4.58. The standard InChI is InChI=1S/C12H9F2NO2/c1-6-2-3-10(17-6)12(16)8-4-7(13)5-9(15)11(8)14/h2-5H,15H2,1H3. The zero-order valence-electron chi connectivity index (χ0n) is 8.96. The van der Waals surface area contributed by atoms with Crippen LogP contribution in [0.2, 0.25) is 0 Å². The van der Waals surface area contributed by atoms with E-state index < -0.39 is 28.7 Å². The number of ketones is 1. The first-order chi connectivity index (χ1) is 7.99. The summed E-state index contributed by atoms with van der Waals surface area (Å²) >= 11 is 0. The van der Waals surface area contributed by atoms with E-state index in [2.05, 4.69) is 0 Å². The van der Waals surface area contributed by atoms with Crippen molar-refractivity contribution in [3.05, 3.63) is 53.0 Å². The van der Waals surface area contributed by atoms with Gasteiger partial charge < -0.3 is 10.2 Å². The lowest BCUT2D eigenvalue weighted by Crippen LogP contribution is -2.06. The van der Waals surface area contributed by atoms with Gasteiger partial charge in [0.1, 0.15) is 11.6 Å². The Balaban J connectivity index is 2.51. The highest BCUT2D eigenvalue weighted by atomic mass is 19.1. The van der Waals surface area contributed by atoms with E-state index in [1.54, 1.807) is 13.0 Å². The Labute approximate surface area is 95.8 Å². The fourth-order valence-corrected chi connectivity index (χ4v) is 1.46. The quantitative estimate of drug-likeness (QED) is 0.645. The van der Waals surface area contributed by atoms with Crippen LogP contribution in [0.15, 0.2) is 28.7 Å². The number of nitrogens with two attached hydrogens (primary N) is 1. The number of hydrogen-bond donors (Lipinski definition) is 1. The van der Waals surface area contributed by atoms with E-state index in [-0.39, 0.29) is 5.76 Å². The second kappa shape index (κ2) is 4.01. The van der Waals surface area contributed by atoms with Crippen LogP contribution in [0, 0.1) is 18.6 Å². The van der Waals surface area contributed by atoms with Gasteiger partial charge in [-0.3, -0.25) is 4.79 Å². The lowest BCUT2D eigenvalue weighted by molar-refractivity contribution is 0.100. The lowest BCUT2D eigenvalue weighted by atomic mass is 10.1. The van der Waals surface area contributed by atoms with E-state index in [1.807, 2.05) is 0 Å². The number of anilines is 1. The van der Waals surface area contributed by atoms with E-state index in [0.717, 1.165) is 12.1 Å². The molecule has 0 unspecified atom stereocenters. The smallest absolute Gasteiger partial charge is 0.231 e. The van der Waals surface area contributed by atoms with E-state index in [4.69, 9.17) is 10.2 Å². The summed E-state index contributed by atoms with van der Waals surface area (Å²) in [6.07, 6.45) is 0. The number of halogens is 2. The molecule has 0 aliphatic rings. The van der Waals surface area contributed by atoms with Crippen molar-refractivity contribution in [3.8, 4) is 0 Å². The molecule has 17 heavy (non-hydrogen) atoms. The van der Waals surface area contributed by atoms with E-state index in [9.17, 15) is 13.6 Å². The number of furan rings is 1. The van der Waals surface area contributed by atoms with Gasteiger partial charge in [-0.15, -0.1) is 0 Å². The zero-order chi connectivity index (χ0) is 12.6. The van der Waals surface area contributed by atoms with Crippen LogP contribution in [0.1, 0.15) is 21.9 Å². The summed E-state index contributed by atoms with van der Waals surface area (Å²) in [7, 11) is 0. The summed E-state index contributed by atoms with van der Waals surface area (Å²) in [4.78, 5) is 11.8. The van der Waals surface area contributed by atoms with Crippen molar-refractivity contribution in [2.45, 2.75) is 6.92 Å². The van der Waals surface area contributed by atoms with Crippen LogP contribution in [0.25, 0.3) is 0 Å². The molecular weight excluding hydrogens is 228 g/mol. The number of rotatable bonds is 2. The molecule has 0 atom stereocenters. The highest BCUT2D eigenvalue weighted by Gasteiger charge is 2.20. The molecule has 2 rings (SSSR count). The van der Waals surface area contributed by atoms with Crippen LogP contribution in [0.4, 0.5) is 14.5 Å². The highest BCUT2D eigenvalue weighted by Crippen LogP contribution is 2.21. The molecule has 0 radical (unpaired) electrons. The average molecular weight is 237 g/mol. The second-order valence-electron chi connectivity index (χ2n) is 3.60. The molecule has 2 aromatic rings. The molecule has 0 bridgehead atoms. The maximum atomic E-state index is 13.6. The maximum Gasteiger partial charge on any atom is 0.231 e. The van der Waals surface area contributed by atoms with Crippen LogP contribution in [-0.4, -0.2) is 5.78 Å². The molecule has 1 aromatic carbocycles. The predicted octanol–water partition coefficient (Wildman–Crippen LogP) is 2.68. The lowest BCUT2D eigenvalue weighted by Gasteiger charge is -2.03. The van der Waals surface area contributed by atoms with Gasteiger partial charge in [0, 0.05) is 0 Å². The fourth-order valence-electron chi connectivity index (χ4n) is 1.46. The normalized spacial score (nSPS) is 10.5. The van der Waals surface area contributed by atoms with Crippen molar-refractivity contribution in [1.82, 2.24) is 0 Å². The van der Waals surface area contributed by atoms with Crippen LogP contribution in [-0.2, 0) is 0 Å². The molecule has 0 aliphatic carbocycles. The Morgan fingerprint density at radius 2 is 2.00 bits per heavy atom. The summed E-state index contributed by atoms with van der Waals surface area (Å²) in [5.74, 6) is -1.98. The number of aryl methyl sites for hydroxylation is 1. The molecule has 1 aromatic heterocycles. The molecule has 2 N–H and O–H groups in total. The van der Waals surface area contributed by atoms with Crippen molar-refractivity contribution < 1.29 is 18.0 Å². The van der Waals surface area contributed by atoms with E-state index >= 15 is 0 Å². The van der Waals surface area contributed by atoms with Gasteiger partial charge >= 0.3 is 0 Å². The average Bonchev–Trinajstić information content (AvgIpc) is 2.69. The summed E-state index contributed by atoms with van der Waals surface area (Å²) in [5.41, 5.74) is 4.41. The molecule has 0 saturated heterocycles. The summed E-state index contributed by atoms with van der Waals surface area (Å²) in [6.45, 7) is 1.65. The van der Waals surface area contributed by atoms with Crippen LogP contribution >= 0.6 is 0 Å². The number of carbonyl (C=O) groups is 1. The van der Waals surface area contributed by atoms with Crippen molar-refractivity contribution in [3.63, 3.8) is 0 Å². The molecule has 0 fully saturated rings. The Kier molecular flexibility index (Phi) is 2.67. The third-order valence-electron chi connectivity index (χ3n) is 2.27. The van der Waals surface area contributed by atoms with Gasteiger partial charge in [-0.25, -0.2) is 8.78 Å². The van der Waals surface area contributed by atoms with Crippen LogP contribution < -0.4 is 5.73 Å². The van der Waals surface area contributed by atoms with Gasteiger partial charge in [0.2, 0.25) is 5.78 Å². The number of benzene rings is 1. The summed E-state index contributed by atoms with van der Waals surface area (Å²) < 4.78 is 31.7. The first kappa shape index (κ1) is 11.3. The minimum absolute atomic E-state index is 0.0496. The molecule has 0 saturated carbocycles. The topological polar surface area (TPSA) is 56.2 Å². The molecule has 0 aliphatic heterocycles. The maximum absolute atomic E-state index is 13.6. The van der Waals surface area contributed by atoms with Crippen molar-refractivity contribution in [2.24, 2.45) is 0 Å². The molecule has 1 heterocycles. The molecule has 3 nitrogen and oxygen atoms in total. The number of hydrogen-bond acceptors (Lipinski definition) is 3. The van der Waals surface area contributed by atoms with Gasteiger partial charge in [0.25, 0.3) is 0 Å². The van der Waals surface area contributed by atoms with E-state index in [1.165, 1.54) is 6.07 Å². The van der Waals surface area contributed by atoms with Crippen molar-refractivity contribution in [1.29, 1.82) is 0 Å². The van der Waals surface area contributed by atoms with Crippen molar-refractivity contribution >= 4 is 11.5 Å². The third-order valence-corrected chi connectivity index (χ3v) is 2.27. The van der Waals surface area contributed by atoms with Gasteiger partial charge in [-0.2, -0.15) is 0 Å². The summed E-state index contributed by atoms with van der Waals surface area (Å²) in [5, 5.41) is 0. The van der Waals surface area contributed by atoms with Crippen LogP contribution in [0.3, 0.4) is 0 Å². The first-order valence-electron chi connectivity index (χ1n) is 4.84. The predicted molar refractivity (Wildman–Crippen MR) is 57.6 cm³/mol. The SMILES string of the molecule is Cc1ccc(C(=O)c2cc(F)cc(N)c2F)o1. The Morgan fingerprint density at radius 3 is 2.59 bits per heavy atom. The fraction of sp³-hybridized carbons (Fsp3) is 0.0833. The Hall–Kier alpha value is -2.17. The van der Waals surface area contributed by atoms with Gasteiger partial charge in [0.05, 0.1) is 11.3 Å². The van der Waals surface area contributed by atoms with Gasteiger partial charge in [-0.05, 0) is 31.2 Å². The zero-order valence-corrected chi connectivity index (χ0v) is 8.96.